The van der Waals surface area contributed by atoms with Gasteiger partial charge in [-0.15, -0.1) is 11.3 Å². The van der Waals surface area contributed by atoms with Gasteiger partial charge in [-0.25, -0.2) is 4.98 Å². The Morgan fingerprint density at radius 2 is 1.87 bits per heavy atom. The third-order valence-electron chi connectivity index (χ3n) is 5.60. The Morgan fingerprint density at radius 3 is 2.67 bits per heavy atom. The molecule has 0 atom stereocenters. The van der Waals surface area contributed by atoms with E-state index in [2.05, 4.69) is 19.2 Å². The molecule has 2 aromatic carbocycles. The molecule has 4 aromatic rings. The predicted octanol–water partition coefficient (Wildman–Crippen LogP) is 5.44. The number of nitrogens with zero attached hydrogens (tertiary/aromatic N) is 1. The van der Waals surface area contributed by atoms with Crippen LogP contribution in [0.4, 0.5) is 11.4 Å². The van der Waals surface area contributed by atoms with E-state index < -0.39 is 0 Å². The third kappa shape index (κ3) is 3.13. The molecule has 30 heavy (non-hydrogen) atoms. The lowest BCUT2D eigenvalue weighted by Gasteiger charge is -2.29. The van der Waals surface area contributed by atoms with Gasteiger partial charge >= 0.3 is 0 Å². The van der Waals surface area contributed by atoms with Gasteiger partial charge in [-0.05, 0) is 40.8 Å². The van der Waals surface area contributed by atoms with Gasteiger partial charge in [0.2, 0.25) is 0 Å². The largest absolute Gasteiger partial charge is 0.397 e. The topological polar surface area (TPSA) is 85.1 Å². The number of ketones is 1. The number of Topliss-reactive ketones (excluding diaryl/α,β-unsaturated/α-hetero) is 1. The van der Waals surface area contributed by atoms with Crippen molar-refractivity contribution in [1.29, 1.82) is 0 Å². The Morgan fingerprint density at radius 1 is 1.10 bits per heavy atom. The van der Waals surface area contributed by atoms with Crippen LogP contribution in [0.25, 0.3) is 21.0 Å². The van der Waals surface area contributed by atoms with E-state index in [0.29, 0.717) is 38.5 Å². The van der Waals surface area contributed by atoms with Gasteiger partial charge in [0.25, 0.3) is 5.91 Å². The van der Waals surface area contributed by atoms with Crippen molar-refractivity contribution in [1.82, 2.24) is 4.98 Å². The van der Waals surface area contributed by atoms with Crippen LogP contribution in [-0.2, 0) is 6.42 Å². The van der Waals surface area contributed by atoms with Gasteiger partial charge in [0.15, 0.2) is 5.78 Å². The van der Waals surface area contributed by atoms with Crippen LogP contribution in [-0.4, -0.2) is 16.7 Å². The van der Waals surface area contributed by atoms with E-state index in [1.54, 1.807) is 0 Å². The lowest BCUT2D eigenvalue weighted by atomic mass is 9.75. The van der Waals surface area contributed by atoms with E-state index in [9.17, 15) is 9.59 Å². The first kappa shape index (κ1) is 18.8. The second-order valence-electron chi connectivity index (χ2n) is 8.64. The molecule has 0 aliphatic heterocycles. The number of nitrogens with two attached hydrogens (primary N) is 1. The molecule has 1 aliphatic rings. The van der Waals surface area contributed by atoms with E-state index in [-0.39, 0.29) is 17.1 Å². The molecule has 0 bridgehead atoms. The average Bonchev–Trinajstić information content (AvgIpc) is 3.01. The number of fused-ring (bicyclic) bond motifs is 3. The smallest absolute Gasteiger partial charge is 0.267 e. The average molecular weight is 416 g/mol. The van der Waals surface area contributed by atoms with Crippen molar-refractivity contribution in [3.63, 3.8) is 0 Å². The molecule has 5 rings (SSSR count). The van der Waals surface area contributed by atoms with E-state index in [0.717, 1.165) is 22.9 Å². The predicted molar refractivity (Wildman–Crippen MR) is 122 cm³/mol. The molecule has 0 saturated carbocycles. The molecule has 0 saturated heterocycles. The number of anilines is 2. The Bertz CT molecular complexity index is 1350. The van der Waals surface area contributed by atoms with Crippen molar-refractivity contribution in [2.75, 3.05) is 11.1 Å². The summed E-state index contributed by atoms with van der Waals surface area (Å²) < 4.78 is 0. The molecule has 5 nitrogen and oxygen atoms in total. The number of thiophene rings is 1. The minimum Gasteiger partial charge on any atom is -0.397 e. The molecule has 2 heterocycles. The Hall–Kier alpha value is -3.25. The van der Waals surface area contributed by atoms with Gasteiger partial charge in [-0.2, -0.15) is 0 Å². The number of carbonyl (C=O) groups is 2. The van der Waals surface area contributed by atoms with Gasteiger partial charge < -0.3 is 11.1 Å². The van der Waals surface area contributed by atoms with Crippen molar-refractivity contribution in [2.45, 2.75) is 26.7 Å². The van der Waals surface area contributed by atoms with Crippen LogP contribution in [0.1, 0.15) is 46.0 Å². The summed E-state index contributed by atoms with van der Waals surface area (Å²) in [6.07, 6.45) is 1.23. The molecular weight excluding hydrogens is 394 g/mol. The minimum atomic E-state index is -0.268. The summed E-state index contributed by atoms with van der Waals surface area (Å²) in [5, 5.41) is 5.78. The zero-order valence-corrected chi connectivity index (χ0v) is 17.6. The number of nitrogen functional groups attached to an aromatic ring is 1. The summed E-state index contributed by atoms with van der Waals surface area (Å²) >= 11 is 1.27. The summed E-state index contributed by atoms with van der Waals surface area (Å²) in [6, 6.07) is 15.6. The lowest BCUT2D eigenvalue weighted by molar-refractivity contribution is 0.0910. The fourth-order valence-corrected chi connectivity index (χ4v) is 5.11. The number of hydrogen-bond donors (Lipinski definition) is 2. The normalized spacial score (nSPS) is 15.3. The fraction of sp³-hybridized carbons (Fsp3) is 0.208. The van der Waals surface area contributed by atoms with E-state index in [4.69, 9.17) is 10.7 Å². The number of hydrogen-bond acceptors (Lipinski definition) is 5. The third-order valence-corrected chi connectivity index (χ3v) is 6.71. The van der Waals surface area contributed by atoms with Crippen LogP contribution >= 0.6 is 11.3 Å². The summed E-state index contributed by atoms with van der Waals surface area (Å²) in [4.78, 5) is 31.4. The summed E-state index contributed by atoms with van der Waals surface area (Å²) in [5.41, 5.74) is 8.72. The van der Waals surface area contributed by atoms with Gasteiger partial charge in [-0.3, -0.25) is 9.59 Å². The van der Waals surface area contributed by atoms with Crippen molar-refractivity contribution in [3.05, 3.63) is 64.7 Å². The maximum atomic E-state index is 13.0. The molecule has 2 aromatic heterocycles. The molecule has 3 N–H and O–H groups in total. The number of benzene rings is 2. The number of amides is 1. The summed E-state index contributed by atoms with van der Waals surface area (Å²) in [6.45, 7) is 4.15. The molecule has 0 unspecified atom stereocenters. The summed E-state index contributed by atoms with van der Waals surface area (Å²) in [7, 11) is 0. The Balaban J connectivity index is 1.51. The highest BCUT2D eigenvalue weighted by Gasteiger charge is 2.33. The van der Waals surface area contributed by atoms with Crippen molar-refractivity contribution < 1.29 is 9.59 Å². The molecule has 6 heteroatoms. The SMILES string of the molecule is CC1(C)CC(=O)c2cc3c(N)c(C(=O)Nc4ccc5ccccc5c4)sc3nc2C1. The quantitative estimate of drug-likeness (QED) is 0.456. The van der Waals surface area contributed by atoms with Crippen LogP contribution in [0, 0.1) is 5.41 Å². The molecule has 0 fully saturated rings. The zero-order valence-electron chi connectivity index (χ0n) is 16.8. The van der Waals surface area contributed by atoms with E-state index in [1.807, 2.05) is 48.5 Å². The fourth-order valence-electron chi connectivity index (χ4n) is 4.12. The van der Waals surface area contributed by atoms with Crippen molar-refractivity contribution >= 4 is 55.4 Å². The number of aromatic nitrogens is 1. The first-order valence-corrected chi connectivity index (χ1v) is 10.7. The number of pyridine rings is 1. The van der Waals surface area contributed by atoms with E-state index in [1.165, 1.54) is 11.3 Å². The zero-order chi connectivity index (χ0) is 21.0. The highest BCUT2D eigenvalue weighted by Crippen LogP contribution is 2.39. The molecular formula is C24H21N3O2S. The number of nitrogens with one attached hydrogen (secondary N) is 1. The van der Waals surface area contributed by atoms with E-state index >= 15 is 0 Å². The van der Waals surface area contributed by atoms with Crippen LogP contribution < -0.4 is 11.1 Å². The van der Waals surface area contributed by atoms with Crippen LogP contribution in [0.5, 0.6) is 0 Å². The Kier molecular flexibility index (Phi) is 4.15. The standard InChI is InChI=1S/C24H21N3O2S/c1-24(2)11-18-16(19(28)12-24)10-17-20(25)21(30-23(17)27-18)22(29)26-15-8-7-13-5-3-4-6-14(13)9-15/h3-10H,11-12,25H2,1-2H3,(H,26,29). The molecule has 0 radical (unpaired) electrons. The lowest BCUT2D eigenvalue weighted by Crippen LogP contribution is -2.27. The van der Waals surface area contributed by atoms with Gasteiger partial charge in [-0.1, -0.05) is 44.2 Å². The maximum Gasteiger partial charge on any atom is 0.267 e. The first-order valence-electron chi connectivity index (χ1n) is 9.86. The maximum absolute atomic E-state index is 13.0. The number of rotatable bonds is 2. The Labute approximate surface area is 177 Å². The van der Waals surface area contributed by atoms with Gasteiger partial charge in [0, 0.05) is 23.1 Å². The molecule has 1 aliphatic carbocycles. The van der Waals surface area contributed by atoms with Crippen molar-refractivity contribution in [2.24, 2.45) is 5.41 Å². The second kappa shape index (κ2) is 6.64. The monoisotopic (exact) mass is 415 g/mol. The van der Waals surface area contributed by atoms with Crippen LogP contribution in [0.2, 0.25) is 0 Å². The van der Waals surface area contributed by atoms with Gasteiger partial charge in [0.1, 0.15) is 9.71 Å². The highest BCUT2D eigenvalue weighted by molar-refractivity contribution is 7.21. The molecule has 1 amide bonds. The second-order valence-corrected chi connectivity index (χ2v) is 9.64. The molecule has 150 valence electrons. The highest BCUT2D eigenvalue weighted by atomic mass is 32.1. The van der Waals surface area contributed by atoms with Gasteiger partial charge in [0.05, 0.1) is 11.4 Å². The summed E-state index contributed by atoms with van der Waals surface area (Å²) in [5.74, 6) is -0.182. The van der Waals surface area contributed by atoms with Crippen LogP contribution in [0.3, 0.4) is 0 Å². The first-order chi connectivity index (χ1) is 14.3. The van der Waals surface area contributed by atoms with Crippen molar-refractivity contribution in [3.8, 4) is 0 Å². The van der Waals surface area contributed by atoms with Crippen LogP contribution in [0.15, 0.2) is 48.5 Å². The molecule has 0 spiro atoms. The number of carbonyl (C=O) groups excluding carboxylic acids is 2. The minimum absolute atomic E-state index is 0.0865.